The van der Waals surface area contributed by atoms with Crippen molar-refractivity contribution in [3.8, 4) is 0 Å². The summed E-state index contributed by atoms with van der Waals surface area (Å²) in [5.41, 5.74) is -0.637. The molecule has 1 rings (SSSR count). The van der Waals surface area contributed by atoms with Gasteiger partial charge in [-0.3, -0.25) is 4.79 Å². The van der Waals surface area contributed by atoms with Crippen molar-refractivity contribution in [3.05, 3.63) is 0 Å². The van der Waals surface area contributed by atoms with Crippen LogP contribution in [-0.2, 0) is 9.53 Å². The number of carboxylic acid groups (broad SMARTS) is 1. The molecule has 0 radical (unpaired) electrons. The Bertz CT molecular complexity index is 349. The number of amides is 1. The Hall–Kier alpha value is -1.30. The number of hydrogen-bond acceptors (Lipinski definition) is 4. The first kappa shape index (κ1) is 15.8. The molecule has 0 aromatic carbocycles. The predicted molar refractivity (Wildman–Crippen MR) is 68.6 cm³/mol. The first-order chi connectivity index (χ1) is 8.65. The van der Waals surface area contributed by atoms with E-state index >= 15 is 0 Å². The number of rotatable bonds is 3. The van der Waals surface area contributed by atoms with E-state index in [2.05, 4.69) is 5.32 Å². The monoisotopic (exact) mass is 273 g/mol. The summed E-state index contributed by atoms with van der Waals surface area (Å²) in [4.78, 5) is 23.0. The van der Waals surface area contributed by atoms with Gasteiger partial charge in [0, 0.05) is 12.5 Å². The Morgan fingerprint density at radius 2 is 1.95 bits per heavy atom. The number of nitrogens with one attached hydrogen (secondary N) is 1. The molecule has 1 aliphatic carbocycles. The number of aliphatic hydroxyl groups excluding tert-OH is 1. The van der Waals surface area contributed by atoms with Crippen LogP contribution < -0.4 is 5.32 Å². The number of hydrogen-bond donors (Lipinski definition) is 3. The summed E-state index contributed by atoms with van der Waals surface area (Å²) in [6.07, 6.45) is -0.197. The molecule has 3 N–H and O–H groups in total. The number of alkyl carbamates (subject to hydrolysis) is 1. The first-order valence-electron chi connectivity index (χ1n) is 6.49. The number of carbonyl (C=O) groups excluding carboxylic acids is 1. The lowest BCUT2D eigenvalue weighted by atomic mass is 9.95. The molecule has 0 aromatic rings. The highest BCUT2D eigenvalue weighted by atomic mass is 16.6. The topological polar surface area (TPSA) is 95.9 Å². The fourth-order valence-corrected chi connectivity index (χ4v) is 2.57. The molecule has 110 valence electrons. The van der Waals surface area contributed by atoms with Gasteiger partial charge in [-0.05, 0) is 33.1 Å². The minimum atomic E-state index is -0.955. The lowest BCUT2D eigenvalue weighted by Gasteiger charge is -2.26. The van der Waals surface area contributed by atoms with Crippen molar-refractivity contribution in [2.45, 2.75) is 45.8 Å². The summed E-state index contributed by atoms with van der Waals surface area (Å²) >= 11 is 0. The summed E-state index contributed by atoms with van der Waals surface area (Å²) in [6.45, 7) is 6.95. The van der Waals surface area contributed by atoms with E-state index in [1.54, 1.807) is 20.8 Å². The van der Waals surface area contributed by atoms with Crippen LogP contribution in [0.3, 0.4) is 0 Å². The zero-order valence-corrected chi connectivity index (χ0v) is 11.8. The quantitative estimate of drug-likeness (QED) is 0.718. The summed E-state index contributed by atoms with van der Waals surface area (Å²) in [5, 5.41) is 21.1. The van der Waals surface area contributed by atoms with Gasteiger partial charge in [-0.15, -0.1) is 0 Å². The second kappa shape index (κ2) is 5.77. The summed E-state index contributed by atoms with van der Waals surface area (Å²) in [5.74, 6) is -1.84. The Morgan fingerprint density at radius 3 is 2.37 bits per heavy atom. The molecule has 0 spiro atoms. The van der Waals surface area contributed by atoms with Gasteiger partial charge in [-0.25, -0.2) is 4.79 Å². The van der Waals surface area contributed by atoms with Crippen LogP contribution in [0.15, 0.2) is 0 Å². The van der Waals surface area contributed by atoms with Crippen molar-refractivity contribution in [1.82, 2.24) is 5.32 Å². The van der Waals surface area contributed by atoms with E-state index in [0.29, 0.717) is 6.42 Å². The molecule has 0 aromatic heterocycles. The minimum Gasteiger partial charge on any atom is -0.481 e. The van der Waals surface area contributed by atoms with Crippen molar-refractivity contribution in [2.24, 2.45) is 17.8 Å². The van der Waals surface area contributed by atoms with Crippen LogP contribution in [0.2, 0.25) is 0 Å². The van der Waals surface area contributed by atoms with E-state index in [0.717, 1.165) is 0 Å². The van der Waals surface area contributed by atoms with Crippen LogP contribution in [-0.4, -0.2) is 40.5 Å². The van der Waals surface area contributed by atoms with Crippen molar-refractivity contribution < 1.29 is 24.5 Å². The smallest absolute Gasteiger partial charge is 0.407 e. The standard InChI is InChI=1S/C13H23NO5/c1-7-5-8(11(16)17)10(9(7)6-15)14-12(18)19-13(2,3)4/h7-10,15H,5-6H2,1-4H3,(H,14,18)(H,16,17)/t7-,8?,9?,10?/m0/s1. The van der Waals surface area contributed by atoms with Crippen molar-refractivity contribution in [1.29, 1.82) is 0 Å². The van der Waals surface area contributed by atoms with E-state index in [4.69, 9.17) is 4.74 Å². The molecule has 1 saturated carbocycles. The zero-order valence-electron chi connectivity index (χ0n) is 11.8. The Kier molecular flexibility index (Phi) is 4.79. The molecule has 0 saturated heterocycles. The average molecular weight is 273 g/mol. The van der Waals surface area contributed by atoms with Gasteiger partial charge in [-0.1, -0.05) is 6.92 Å². The highest BCUT2D eigenvalue weighted by Crippen LogP contribution is 2.36. The van der Waals surface area contributed by atoms with Gasteiger partial charge in [0.05, 0.1) is 12.0 Å². The van der Waals surface area contributed by atoms with Gasteiger partial charge >= 0.3 is 12.1 Å². The Labute approximate surface area is 113 Å². The molecule has 1 aliphatic rings. The molecular formula is C13H23NO5. The van der Waals surface area contributed by atoms with E-state index in [-0.39, 0.29) is 18.4 Å². The van der Waals surface area contributed by atoms with Gasteiger partial charge in [-0.2, -0.15) is 0 Å². The average Bonchev–Trinajstić information content (AvgIpc) is 2.52. The van der Waals surface area contributed by atoms with Gasteiger partial charge in [0.15, 0.2) is 0 Å². The largest absolute Gasteiger partial charge is 0.481 e. The fourth-order valence-electron chi connectivity index (χ4n) is 2.57. The van der Waals surface area contributed by atoms with Crippen LogP contribution in [0.4, 0.5) is 4.79 Å². The fraction of sp³-hybridized carbons (Fsp3) is 0.846. The predicted octanol–water partition coefficient (Wildman–Crippen LogP) is 1.23. The van der Waals surface area contributed by atoms with E-state index in [1.165, 1.54) is 0 Å². The highest BCUT2D eigenvalue weighted by molar-refractivity contribution is 5.74. The van der Waals surface area contributed by atoms with Gasteiger partial charge in [0.2, 0.25) is 0 Å². The van der Waals surface area contributed by atoms with Crippen LogP contribution in [0.25, 0.3) is 0 Å². The minimum absolute atomic E-state index is 0.0473. The first-order valence-corrected chi connectivity index (χ1v) is 6.49. The summed E-state index contributed by atoms with van der Waals surface area (Å²) in [6, 6.07) is -0.590. The number of ether oxygens (including phenoxy) is 1. The molecule has 0 aliphatic heterocycles. The normalized spacial score (nSPS) is 31.0. The molecule has 19 heavy (non-hydrogen) atoms. The lowest BCUT2D eigenvalue weighted by Crippen LogP contribution is -2.47. The second-order valence-electron chi connectivity index (χ2n) is 6.18. The molecule has 6 nitrogen and oxygen atoms in total. The molecule has 1 fully saturated rings. The van der Waals surface area contributed by atoms with Crippen LogP contribution in [0.5, 0.6) is 0 Å². The molecule has 0 bridgehead atoms. The molecule has 6 heteroatoms. The maximum Gasteiger partial charge on any atom is 0.407 e. The number of aliphatic hydroxyl groups is 1. The van der Waals surface area contributed by atoms with Gasteiger partial charge in [0.25, 0.3) is 0 Å². The number of aliphatic carboxylic acids is 1. The number of carbonyl (C=O) groups is 2. The Balaban J connectivity index is 2.76. The third-order valence-electron chi connectivity index (χ3n) is 3.46. The van der Waals surface area contributed by atoms with Crippen molar-refractivity contribution in [3.63, 3.8) is 0 Å². The second-order valence-corrected chi connectivity index (χ2v) is 6.18. The van der Waals surface area contributed by atoms with Gasteiger partial charge < -0.3 is 20.3 Å². The number of carboxylic acids is 1. The Morgan fingerprint density at radius 1 is 1.37 bits per heavy atom. The zero-order chi connectivity index (χ0) is 14.8. The van der Waals surface area contributed by atoms with E-state index in [1.807, 2.05) is 6.92 Å². The lowest BCUT2D eigenvalue weighted by molar-refractivity contribution is -0.142. The van der Waals surface area contributed by atoms with E-state index < -0.39 is 29.6 Å². The maximum absolute atomic E-state index is 11.7. The van der Waals surface area contributed by atoms with Crippen LogP contribution in [0, 0.1) is 17.8 Å². The third kappa shape index (κ3) is 4.09. The summed E-state index contributed by atoms with van der Waals surface area (Å²) in [7, 11) is 0. The van der Waals surface area contributed by atoms with Crippen LogP contribution in [0.1, 0.15) is 34.1 Å². The maximum atomic E-state index is 11.7. The molecule has 0 heterocycles. The van der Waals surface area contributed by atoms with Crippen LogP contribution >= 0.6 is 0 Å². The third-order valence-corrected chi connectivity index (χ3v) is 3.46. The molecule has 4 atom stereocenters. The van der Waals surface area contributed by atoms with E-state index in [9.17, 15) is 19.8 Å². The van der Waals surface area contributed by atoms with Gasteiger partial charge in [0.1, 0.15) is 5.60 Å². The summed E-state index contributed by atoms with van der Waals surface area (Å²) < 4.78 is 5.13. The van der Waals surface area contributed by atoms with Crippen molar-refractivity contribution in [2.75, 3.05) is 6.61 Å². The SMILES string of the molecule is C[C@H]1CC(C(=O)O)C(NC(=O)OC(C)(C)C)C1CO. The molecular weight excluding hydrogens is 250 g/mol. The highest BCUT2D eigenvalue weighted by Gasteiger charge is 2.45. The van der Waals surface area contributed by atoms with Crippen molar-refractivity contribution >= 4 is 12.1 Å². The molecule has 3 unspecified atom stereocenters. The molecule has 1 amide bonds.